The minimum absolute atomic E-state index is 0.563. The molecule has 10 heavy (non-hydrogen) atoms. The van der Waals surface area contributed by atoms with E-state index in [0.717, 1.165) is 10.7 Å². The lowest BCUT2D eigenvalue weighted by Gasteiger charge is -1.97. The van der Waals surface area contributed by atoms with Crippen molar-refractivity contribution in [2.45, 2.75) is 10.6 Å². The van der Waals surface area contributed by atoms with Crippen molar-refractivity contribution in [1.29, 1.82) is 0 Å². The van der Waals surface area contributed by atoms with Gasteiger partial charge in [-0.25, -0.2) is 9.97 Å². The second kappa shape index (κ2) is 2.10. The molecule has 1 atom stereocenters. The van der Waals surface area contributed by atoms with Gasteiger partial charge >= 0.3 is 0 Å². The minimum Gasteiger partial charge on any atom is -0.364 e. The Hall–Kier alpha value is -0.810. The smallest absolute Gasteiger partial charge is 0.179 e. The molecule has 5 heteroatoms. The number of rotatable bonds is 0. The number of nitrogens with zero attached hydrogens (tertiary/aromatic N) is 2. The Morgan fingerprint density at radius 1 is 1.70 bits per heavy atom. The molecule has 2 rings (SSSR count). The quantitative estimate of drug-likeness (QED) is 0.527. The van der Waals surface area contributed by atoms with Gasteiger partial charge in [0.2, 0.25) is 0 Å². The van der Waals surface area contributed by atoms with Crippen LogP contribution in [-0.4, -0.2) is 20.6 Å². The number of fused-ring (bicyclic) bond motifs is 1. The van der Waals surface area contributed by atoms with Crippen LogP contribution in [0, 0.1) is 0 Å². The molecule has 2 N–H and O–H groups in total. The number of anilines is 1. The summed E-state index contributed by atoms with van der Waals surface area (Å²) >= 11 is 1.28. The molecule has 0 saturated heterocycles. The highest BCUT2D eigenvalue weighted by molar-refractivity contribution is 8.00. The van der Waals surface area contributed by atoms with Crippen molar-refractivity contribution in [3.05, 3.63) is 12.5 Å². The number of aliphatic hydroxyl groups is 1. The molecule has 1 aromatic rings. The first-order chi connectivity index (χ1) is 4.86. The van der Waals surface area contributed by atoms with Crippen LogP contribution < -0.4 is 5.32 Å². The first kappa shape index (κ1) is 5.94. The van der Waals surface area contributed by atoms with Gasteiger partial charge in [-0.3, -0.25) is 0 Å². The molecular formula is C5H5N3OS. The second-order valence-corrected chi connectivity index (χ2v) is 2.93. The van der Waals surface area contributed by atoms with Gasteiger partial charge in [-0.2, -0.15) is 0 Å². The van der Waals surface area contributed by atoms with E-state index in [1.54, 1.807) is 6.20 Å². The van der Waals surface area contributed by atoms with Crippen molar-refractivity contribution in [3.8, 4) is 0 Å². The van der Waals surface area contributed by atoms with Gasteiger partial charge in [-0.1, -0.05) is 11.8 Å². The maximum Gasteiger partial charge on any atom is 0.179 e. The third kappa shape index (κ3) is 0.833. The maximum atomic E-state index is 9.03. The molecular weight excluding hydrogens is 150 g/mol. The van der Waals surface area contributed by atoms with Crippen LogP contribution >= 0.6 is 11.8 Å². The van der Waals surface area contributed by atoms with E-state index in [4.69, 9.17) is 5.11 Å². The Balaban J connectivity index is 2.42. The fourth-order valence-corrected chi connectivity index (χ4v) is 1.52. The summed E-state index contributed by atoms with van der Waals surface area (Å²) in [5.41, 5.74) is 0.242. The lowest BCUT2D eigenvalue weighted by Crippen LogP contribution is -2.06. The minimum atomic E-state index is -0.563. The normalized spacial score (nSPS) is 21.9. The van der Waals surface area contributed by atoms with Crippen LogP contribution in [0.2, 0.25) is 0 Å². The van der Waals surface area contributed by atoms with Crippen LogP contribution in [0.5, 0.6) is 0 Å². The molecule has 0 spiro atoms. The van der Waals surface area contributed by atoms with Crippen LogP contribution in [0.25, 0.3) is 0 Å². The van der Waals surface area contributed by atoms with E-state index in [-0.39, 0.29) is 0 Å². The highest BCUT2D eigenvalue weighted by atomic mass is 32.2. The summed E-state index contributed by atoms with van der Waals surface area (Å²) in [6.45, 7) is 0. The SMILES string of the molecule is OC1Nc2cncnc2S1. The number of aliphatic hydroxyl groups excluding tert-OH is 1. The number of hydrogen-bond acceptors (Lipinski definition) is 5. The molecule has 0 aromatic carbocycles. The summed E-state index contributed by atoms with van der Waals surface area (Å²) in [5, 5.41) is 12.6. The summed E-state index contributed by atoms with van der Waals surface area (Å²) in [6.07, 6.45) is 3.11. The van der Waals surface area contributed by atoms with Crippen molar-refractivity contribution in [1.82, 2.24) is 9.97 Å². The average Bonchev–Trinajstić information content (AvgIpc) is 2.27. The summed E-state index contributed by atoms with van der Waals surface area (Å²) in [6, 6.07) is 0. The standard InChI is InChI=1S/C5H5N3OS/c9-5-8-3-1-6-2-7-4(3)10-5/h1-2,5,8-9H. The topological polar surface area (TPSA) is 58.0 Å². The number of hydrogen-bond donors (Lipinski definition) is 2. The highest BCUT2D eigenvalue weighted by Crippen LogP contribution is 2.33. The summed E-state index contributed by atoms with van der Waals surface area (Å²) in [7, 11) is 0. The van der Waals surface area contributed by atoms with Gasteiger partial charge in [-0.05, 0) is 0 Å². The van der Waals surface area contributed by atoms with Crippen LogP contribution in [0.15, 0.2) is 17.6 Å². The molecule has 0 bridgehead atoms. The predicted molar refractivity (Wildman–Crippen MR) is 37.5 cm³/mol. The van der Waals surface area contributed by atoms with Crippen molar-refractivity contribution in [2.24, 2.45) is 0 Å². The molecule has 0 fully saturated rings. The first-order valence-electron chi connectivity index (χ1n) is 2.77. The fourth-order valence-electron chi connectivity index (χ4n) is 0.780. The van der Waals surface area contributed by atoms with Gasteiger partial charge < -0.3 is 10.4 Å². The fraction of sp³-hybridized carbons (Fsp3) is 0.200. The Morgan fingerprint density at radius 2 is 2.60 bits per heavy atom. The lowest BCUT2D eigenvalue weighted by molar-refractivity contribution is 0.294. The maximum absolute atomic E-state index is 9.03. The molecule has 0 saturated carbocycles. The van der Waals surface area contributed by atoms with E-state index in [2.05, 4.69) is 15.3 Å². The monoisotopic (exact) mass is 155 g/mol. The Bertz CT molecular complexity index is 229. The van der Waals surface area contributed by atoms with Crippen LogP contribution in [-0.2, 0) is 0 Å². The van der Waals surface area contributed by atoms with Gasteiger partial charge in [-0.15, -0.1) is 0 Å². The van der Waals surface area contributed by atoms with Crippen LogP contribution in [0.1, 0.15) is 0 Å². The second-order valence-electron chi connectivity index (χ2n) is 1.86. The van der Waals surface area contributed by atoms with Crippen LogP contribution in [0.3, 0.4) is 0 Å². The Morgan fingerprint density at radius 3 is 3.40 bits per heavy atom. The molecule has 0 amide bonds. The zero-order chi connectivity index (χ0) is 6.97. The third-order valence-corrected chi connectivity index (χ3v) is 2.07. The van der Waals surface area contributed by atoms with E-state index in [9.17, 15) is 0 Å². The molecule has 1 aliphatic rings. The molecule has 1 unspecified atom stereocenters. The molecule has 1 aromatic heterocycles. The van der Waals surface area contributed by atoms with E-state index in [1.165, 1.54) is 18.1 Å². The molecule has 0 aliphatic carbocycles. The van der Waals surface area contributed by atoms with Crippen molar-refractivity contribution < 1.29 is 5.11 Å². The van der Waals surface area contributed by atoms with Crippen molar-refractivity contribution in [2.75, 3.05) is 5.32 Å². The molecule has 2 heterocycles. The van der Waals surface area contributed by atoms with E-state index in [1.807, 2.05) is 0 Å². The van der Waals surface area contributed by atoms with Gasteiger partial charge in [0.05, 0.1) is 11.9 Å². The summed E-state index contributed by atoms with van der Waals surface area (Å²) in [4.78, 5) is 7.73. The number of nitrogens with one attached hydrogen (secondary N) is 1. The Labute approximate surface area is 61.7 Å². The van der Waals surface area contributed by atoms with E-state index >= 15 is 0 Å². The van der Waals surface area contributed by atoms with E-state index < -0.39 is 5.56 Å². The highest BCUT2D eigenvalue weighted by Gasteiger charge is 2.19. The van der Waals surface area contributed by atoms with Crippen LogP contribution in [0.4, 0.5) is 5.69 Å². The first-order valence-corrected chi connectivity index (χ1v) is 3.65. The number of aromatic nitrogens is 2. The summed E-state index contributed by atoms with van der Waals surface area (Å²) in [5.74, 6) is 0. The average molecular weight is 155 g/mol. The predicted octanol–water partition coefficient (Wildman–Crippen LogP) is 0.270. The molecule has 0 radical (unpaired) electrons. The summed E-state index contributed by atoms with van der Waals surface area (Å²) < 4.78 is 0. The van der Waals surface area contributed by atoms with Gasteiger partial charge in [0.25, 0.3) is 0 Å². The molecule has 1 aliphatic heterocycles. The number of thioether (sulfide) groups is 1. The molecule has 52 valence electrons. The zero-order valence-electron chi connectivity index (χ0n) is 4.98. The Kier molecular flexibility index (Phi) is 1.25. The van der Waals surface area contributed by atoms with Gasteiger partial charge in [0.1, 0.15) is 11.4 Å². The van der Waals surface area contributed by atoms with Gasteiger partial charge in [0.15, 0.2) is 5.56 Å². The van der Waals surface area contributed by atoms with Crippen molar-refractivity contribution >= 4 is 17.4 Å². The molecule has 4 nitrogen and oxygen atoms in total. The van der Waals surface area contributed by atoms with Gasteiger partial charge in [0, 0.05) is 0 Å². The largest absolute Gasteiger partial charge is 0.364 e. The third-order valence-electron chi connectivity index (χ3n) is 1.18. The van der Waals surface area contributed by atoms with E-state index in [0.29, 0.717) is 0 Å². The van der Waals surface area contributed by atoms with Crippen molar-refractivity contribution in [3.63, 3.8) is 0 Å². The zero-order valence-corrected chi connectivity index (χ0v) is 5.80. The lowest BCUT2D eigenvalue weighted by atomic mass is 10.5.